The summed E-state index contributed by atoms with van der Waals surface area (Å²) in [6, 6.07) is 1.82. The molecule has 1 unspecified atom stereocenters. The SMILES string of the molecule is Cl.Cl.O=C(Cn1cccn1)NCCC1CCNC1. The first-order valence-electron chi connectivity index (χ1n) is 5.79. The Hall–Kier alpha value is -0.780. The minimum absolute atomic E-state index is 0. The van der Waals surface area contributed by atoms with Gasteiger partial charge in [-0.3, -0.25) is 9.48 Å². The van der Waals surface area contributed by atoms with Crippen LogP contribution in [0.1, 0.15) is 12.8 Å². The molecule has 0 radical (unpaired) electrons. The highest BCUT2D eigenvalue weighted by atomic mass is 35.5. The first kappa shape index (κ1) is 17.2. The molecule has 2 heterocycles. The van der Waals surface area contributed by atoms with Gasteiger partial charge in [0.25, 0.3) is 0 Å². The zero-order chi connectivity index (χ0) is 11.2. The van der Waals surface area contributed by atoms with E-state index < -0.39 is 0 Å². The van der Waals surface area contributed by atoms with Crippen LogP contribution in [0.5, 0.6) is 0 Å². The van der Waals surface area contributed by atoms with Crippen molar-refractivity contribution in [3.8, 4) is 0 Å². The summed E-state index contributed by atoms with van der Waals surface area (Å²) >= 11 is 0. The second kappa shape index (κ2) is 9.19. The maximum absolute atomic E-state index is 11.5. The van der Waals surface area contributed by atoms with E-state index in [1.165, 1.54) is 6.42 Å². The van der Waals surface area contributed by atoms with E-state index in [4.69, 9.17) is 0 Å². The Morgan fingerprint density at radius 2 is 2.33 bits per heavy atom. The number of halogens is 2. The van der Waals surface area contributed by atoms with Crippen molar-refractivity contribution in [1.82, 2.24) is 20.4 Å². The van der Waals surface area contributed by atoms with Crippen LogP contribution in [0.4, 0.5) is 0 Å². The number of nitrogens with one attached hydrogen (secondary N) is 2. The lowest BCUT2D eigenvalue weighted by molar-refractivity contribution is -0.121. The molecule has 1 fully saturated rings. The van der Waals surface area contributed by atoms with Gasteiger partial charge in [-0.1, -0.05) is 0 Å². The van der Waals surface area contributed by atoms with Gasteiger partial charge >= 0.3 is 0 Å². The number of carbonyl (C=O) groups excluding carboxylic acids is 1. The lowest BCUT2D eigenvalue weighted by Crippen LogP contribution is -2.29. The van der Waals surface area contributed by atoms with E-state index in [-0.39, 0.29) is 30.7 Å². The predicted octanol–water partition coefficient (Wildman–Crippen LogP) is 0.842. The summed E-state index contributed by atoms with van der Waals surface area (Å²) in [7, 11) is 0. The van der Waals surface area contributed by atoms with Crippen molar-refractivity contribution in [2.75, 3.05) is 19.6 Å². The maximum Gasteiger partial charge on any atom is 0.241 e. The van der Waals surface area contributed by atoms with Crippen LogP contribution in [-0.4, -0.2) is 35.3 Å². The normalized spacial score (nSPS) is 17.7. The zero-order valence-corrected chi connectivity index (χ0v) is 11.8. The van der Waals surface area contributed by atoms with Crippen LogP contribution in [-0.2, 0) is 11.3 Å². The van der Waals surface area contributed by atoms with Gasteiger partial charge in [-0.25, -0.2) is 0 Å². The third kappa shape index (κ3) is 5.71. The molecule has 2 rings (SSSR count). The molecule has 1 aliphatic rings. The standard InChI is InChI=1S/C11H18N4O.2ClH/c16-11(9-15-7-1-4-14-15)13-6-3-10-2-5-12-8-10;;/h1,4,7,10,12H,2-3,5-6,8-9H2,(H,13,16);2*1H. The van der Waals surface area contributed by atoms with Crippen molar-refractivity contribution in [2.45, 2.75) is 19.4 Å². The van der Waals surface area contributed by atoms with Crippen LogP contribution < -0.4 is 10.6 Å². The third-order valence-corrected chi connectivity index (χ3v) is 2.90. The number of amides is 1. The first-order chi connectivity index (χ1) is 7.84. The summed E-state index contributed by atoms with van der Waals surface area (Å²) in [5.74, 6) is 0.764. The predicted molar refractivity (Wildman–Crippen MR) is 75.3 cm³/mol. The molecule has 1 amide bonds. The van der Waals surface area contributed by atoms with Gasteiger partial charge in [0, 0.05) is 18.9 Å². The number of nitrogens with zero attached hydrogens (tertiary/aromatic N) is 2. The number of rotatable bonds is 5. The third-order valence-electron chi connectivity index (χ3n) is 2.90. The van der Waals surface area contributed by atoms with E-state index >= 15 is 0 Å². The summed E-state index contributed by atoms with van der Waals surface area (Å²) in [6.45, 7) is 3.29. The molecule has 1 aromatic rings. The monoisotopic (exact) mass is 294 g/mol. The Morgan fingerprint density at radius 1 is 1.50 bits per heavy atom. The fraction of sp³-hybridized carbons (Fsp3) is 0.636. The topological polar surface area (TPSA) is 59.0 Å². The second-order valence-electron chi connectivity index (χ2n) is 4.20. The number of carbonyl (C=O) groups is 1. The van der Waals surface area contributed by atoms with E-state index in [1.54, 1.807) is 17.1 Å². The molecule has 7 heteroatoms. The zero-order valence-electron chi connectivity index (χ0n) is 10.2. The van der Waals surface area contributed by atoms with E-state index in [9.17, 15) is 4.79 Å². The van der Waals surface area contributed by atoms with Crippen molar-refractivity contribution in [1.29, 1.82) is 0 Å². The van der Waals surface area contributed by atoms with Crippen LogP contribution >= 0.6 is 24.8 Å². The van der Waals surface area contributed by atoms with Gasteiger partial charge in [-0.2, -0.15) is 5.10 Å². The van der Waals surface area contributed by atoms with Crippen molar-refractivity contribution in [3.05, 3.63) is 18.5 Å². The highest BCUT2D eigenvalue weighted by molar-refractivity contribution is 5.85. The molecule has 1 atom stereocenters. The van der Waals surface area contributed by atoms with Crippen LogP contribution in [0.2, 0.25) is 0 Å². The molecule has 18 heavy (non-hydrogen) atoms. The Morgan fingerprint density at radius 3 is 2.94 bits per heavy atom. The largest absolute Gasteiger partial charge is 0.354 e. The molecule has 0 aromatic carbocycles. The molecule has 1 aromatic heterocycles. The second-order valence-corrected chi connectivity index (χ2v) is 4.20. The molecule has 1 aliphatic heterocycles. The summed E-state index contributed by atoms with van der Waals surface area (Å²) in [5, 5.41) is 10.2. The van der Waals surface area contributed by atoms with Crippen LogP contribution in [0, 0.1) is 5.92 Å². The summed E-state index contributed by atoms with van der Waals surface area (Å²) in [6.07, 6.45) is 5.77. The lowest BCUT2D eigenvalue weighted by atomic mass is 10.1. The quantitative estimate of drug-likeness (QED) is 0.846. The molecule has 1 saturated heterocycles. The van der Waals surface area contributed by atoms with Gasteiger partial charge in [0.2, 0.25) is 5.91 Å². The fourth-order valence-electron chi connectivity index (χ4n) is 1.97. The minimum Gasteiger partial charge on any atom is -0.354 e. The molecule has 0 aliphatic carbocycles. The van der Waals surface area contributed by atoms with Gasteiger partial charge in [-0.05, 0) is 37.9 Å². The molecular formula is C11H20Cl2N4O. The van der Waals surface area contributed by atoms with Crippen LogP contribution in [0.15, 0.2) is 18.5 Å². The molecule has 5 nitrogen and oxygen atoms in total. The van der Waals surface area contributed by atoms with Crippen LogP contribution in [0.25, 0.3) is 0 Å². The Bertz CT molecular complexity index is 326. The van der Waals surface area contributed by atoms with Crippen molar-refractivity contribution in [3.63, 3.8) is 0 Å². The summed E-state index contributed by atoms with van der Waals surface area (Å²) in [4.78, 5) is 11.5. The fourth-order valence-corrected chi connectivity index (χ4v) is 1.97. The molecule has 0 bridgehead atoms. The van der Waals surface area contributed by atoms with Crippen LogP contribution in [0.3, 0.4) is 0 Å². The number of aromatic nitrogens is 2. The van der Waals surface area contributed by atoms with E-state index in [0.717, 1.165) is 32.0 Å². The highest BCUT2D eigenvalue weighted by Crippen LogP contribution is 2.10. The smallest absolute Gasteiger partial charge is 0.241 e. The average molecular weight is 295 g/mol. The van der Waals surface area contributed by atoms with Gasteiger partial charge in [-0.15, -0.1) is 24.8 Å². The average Bonchev–Trinajstić information content (AvgIpc) is 2.90. The Kier molecular flexibility index (Phi) is 8.79. The summed E-state index contributed by atoms with van der Waals surface area (Å²) in [5.41, 5.74) is 0. The number of hydrogen-bond donors (Lipinski definition) is 2. The Labute approximate surface area is 120 Å². The van der Waals surface area contributed by atoms with E-state index in [0.29, 0.717) is 6.54 Å². The molecule has 0 spiro atoms. The first-order valence-corrected chi connectivity index (χ1v) is 5.79. The molecule has 104 valence electrons. The maximum atomic E-state index is 11.5. The van der Waals surface area contributed by atoms with Crippen molar-refractivity contribution in [2.24, 2.45) is 5.92 Å². The Balaban J connectivity index is 0.00000144. The van der Waals surface area contributed by atoms with Gasteiger partial charge in [0.15, 0.2) is 0 Å². The van der Waals surface area contributed by atoms with Crippen molar-refractivity contribution >= 4 is 30.7 Å². The minimum atomic E-state index is 0. The molecule has 2 N–H and O–H groups in total. The van der Waals surface area contributed by atoms with Gasteiger partial charge in [0.1, 0.15) is 6.54 Å². The highest BCUT2D eigenvalue weighted by Gasteiger charge is 2.13. The van der Waals surface area contributed by atoms with Gasteiger partial charge < -0.3 is 10.6 Å². The van der Waals surface area contributed by atoms with E-state index in [2.05, 4.69) is 15.7 Å². The lowest BCUT2D eigenvalue weighted by Gasteiger charge is -2.09. The molecular weight excluding hydrogens is 275 g/mol. The van der Waals surface area contributed by atoms with Gasteiger partial charge in [0.05, 0.1) is 0 Å². The van der Waals surface area contributed by atoms with Crippen molar-refractivity contribution < 1.29 is 4.79 Å². The molecule has 0 saturated carbocycles. The summed E-state index contributed by atoms with van der Waals surface area (Å²) < 4.78 is 1.63. The number of hydrogen-bond acceptors (Lipinski definition) is 3. The van der Waals surface area contributed by atoms with E-state index in [1.807, 2.05) is 6.07 Å².